The van der Waals surface area contributed by atoms with Crippen LogP contribution in [0.2, 0.25) is 0 Å². The van der Waals surface area contributed by atoms with Gasteiger partial charge in [-0.3, -0.25) is 9.89 Å². The van der Waals surface area contributed by atoms with Crippen LogP contribution in [0, 0.1) is 23.7 Å². The number of H-pyrrole nitrogens is 1. The first-order valence-electron chi connectivity index (χ1n) is 7.32. The van der Waals surface area contributed by atoms with Crippen molar-refractivity contribution in [2.45, 2.75) is 44.4 Å². The predicted octanol–water partition coefficient (Wildman–Crippen LogP) is 1.97. The number of nitrogens with zero attached hydrogens (tertiary/aromatic N) is 2. The maximum absolute atomic E-state index is 10.7. The lowest BCUT2D eigenvalue weighted by atomic mass is 9.52. The van der Waals surface area contributed by atoms with Crippen molar-refractivity contribution in [3.05, 3.63) is 11.6 Å². The normalized spacial score (nSPS) is 39.7. The Hall–Kier alpha value is -1.39. The summed E-state index contributed by atoms with van der Waals surface area (Å²) in [4.78, 5) is 15.2. The lowest BCUT2D eigenvalue weighted by Gasteiger charge is -2.53. The van der Waals surface area contributed by atoms with Crippen LogP contribution < -0.4 is 0 Å². The van der Waals surface area contributed by atoms with Gasteiger partial charge in [0.1, 0.15) is 12.2 Å². The second-order valence-corrected chi connectivity index (χ2v) is 6.67. The Balaban J connectivity index is 1.58. The zero-order chi connectivity index (χ0) is 13.0. The fourth-order valence-corrected chi connectivity index (χ4v) is 5.03. The Kier molecular flexibility index (Phi) is 2.44. The monoisotopic (exact) mass is 261 g/mol. The molecule has 5 nitrogen and oxygen atoms in total. The van der Waals surface area contributed by atoms with Gasteiger partial charge in [-0.05, 0) is 55.8 Å². The van der Waals surface area contributed by atoms with Crippen LogP contribution in [-0.2, 0) is 11.2 Å². The predicted molar refractivity (Wildman–Crippen MR) is 67.5 cm³/mol. The topological polar surface area (TPSA) is 78.9 Å². The number of aromatic nitrogens is 3. The molecule has 0 aromatic carbocycles. The van der Waals surface area contributed by atoms with E-state index in [1.807, 2.05) is 0 Å². The zero-order valence-electron chi connectivity index (χ0n) is 10.9. The van der Waals surface area contributed by atoms with Crippen molar-refractivity contribution >= 4 is 5.97 Å². The van der Waals surface area contributed by atoms with Crippen molar-refractivity contribution in [3.8, 4) is 0 Å². The molecule has 4 aliphatic rings. The molecule has 2 N–H and O–H groups in total. The summed E-state index contributed by atoms with van der Waals surface area (Å²) in [7, 11) is 0. The van der Waals surface area contributed by atoms with Gasteiger partial charge in [0.15, 0.2) is 5.82 Å². The number of hydrogen-bond donors (Lipinski definition) is 2. The van der Waals surface area contributed by atoms with E-state index in [-0.39, 0.29) is 6.42 Å². The molecule has 5 rings (SSSR count). The number of nitrogens with one attached hydrogen (secondary N) is 1. The van der Waals surface area contributed by atoms with Gasteiger partial charge in [-0.1, -0.05) is 0 Å². The van der Waals surface area contributed by atoms with Gasteiger partial charge in [0, 0.05) is 5.92 Å². The number of carboxylic acid groups (broad SMARTS) is 1. The van der Waals surface area contributed by atoms with E-state index in [9.17, 15) is 4.79 Å². The quantitative estimate of drug-likeness (QED) is 0.872. The highest BCUT2D eigenvalue weighted by atomic mass is 16.4. The van der Waals surface area contributed by atoms with E-state index in [0.717, 1.165) is 29.5 Å². The molecule has 0 unspecified atom stereocenters. The molecule has 0 spiro atoms. The molecule has 0 amide bonds. The summed E-state index contributed by atoms with van der Waals surface area (Å²) >= 11 is 0. The van der Waals surface area contributed by atoms with E-state index in [0.29, 0.717) is 11.7 Å². The third-order valence-electron chi connectivity index (χ3n) is 5.39. The van der Waals surface area contributed by atoms with E-state index in [1.54, 1.807) is 0 Å². The average Bonchev–Trinajstić information content (AvgIpc) is 2.75. The lowest BCUT2D eigenvalue weighted by molar-refractivity contribution is -0.136. The second-order valence-electron chi connectivity index (χ2n) is 6.67. The van der Waals surface area contributed by atoms with Crippen molar-refractivity contribution in [3.63, 3.8) is 0 Å². The van der Waals surface area contributed by atoms with Gasteiger partial charge in [-0.2, -0.15) is 5.10 Å². The summed E-state index contributed by atoms with van der Waals surface area (Å²) in [6, 6.07) is 0. The second kappa shape index (κ2) is 4.05. The molecule has 1 heterocycles. The Labute approximate surface area is 111 Å². The highest BCUT2D eigenvalue weighted by molar-refractivity contribution is 5.68. The molecular weight excluding hydrogens is 242 g/mol. The maximum Gasteiger partial charge on any atom is 0.311 e. The van der Waals surface area contributed by atoms with Crippen molar-refractivity contribution in [1.82, 2.24) is 15.2 Å². The molecule has 4 bridgehead atoms. The molecule has 4 fully saturated rings. The molecule has 4 saturated carbocycles. The largest absolute Gasteiger partial charge is 0.481 e. The minimum atomic E-state index is -0.854. The van der Waals surface area contributed by atoms with E-state index < -0.39 is 5.97 Å². The first-order chi connectivity index (χ1) is 9.19. The molecule has 0 radical (unpaired) electrons. The Bertz CT molecular complexity index is 483. The number of carboxylic acids is 1. The summed E-state index contributed by atoms with van der Waals surface area (Å²) in [5.74, 6) is 4.36. The number of aliphatic carboxylic acids is 1. The van der Waals surface area contributed by atoms with Crippen LogP contribution in [0.5, 0.6) is 0 Å². The van der Waals surface area contributed by atoms with Crippen LogP contribution in [0.4, 0.5) is 0 Å². The molecule has 4 aliphatic carbocycles. The van der Waals surface area contributed by atoms with Gasteiger partial charge < -0.3 is 5.11 Å². The summed E-state index contributed by atoms with van der Waals surface area (Å²) in [6.45, 7) is 0. The standard InChI is InChI=1S/C14H19N3O2/c18-12(19)6-11-15-14(17-16-11)13-9-2-7-1-8(4-9)5-10(13)3-7/h7-10,13H,1-6H2,(H,18,19)(H,15,16,17). The minimum Gasteiger partial charge on any atom is -0.481 e. The minimum absolute atomic E-state index is 0.0553. The Morgan fingerprint density at radius 1 is 1.16 bits per heavy atom. The SMILES string of the molecule is O=C(O)Cc1nc(C2C3CC4CC(C3)CC2C4)n[nH]1. The summed E-state index contributed by atoms with van der Waals surface area (Å²) in [6.07, 6.45) is 6.72. The average molecular weight is 261 g/mol. The van der Waals surface area contributed by atoms with E-state index in [2.05, 4.69) is 15.2 Å². The highest BCUT2D eigenvalue weighted by Crippen LogP contribution is 2.59. The van der Waals surface area contributed by atoms with Gasteiger partial charge in [-0.15, -0.1) is 0 Å². The van der Waals surface area contributed by atoms with E-state index in [1.165, 1.54) is 32.1 Å². The van der Waals surface area contributed by atoms with Gasteiger partial charge in [0.2, 0.25) is 0 Å². The Morgan fingerprint density at radius 2 is 1.79 bits per heavy atom. The smallest absolute Gasteiger partial charge is 0.311 e. The van der Waals surface area contributed by atoms with Crippen LogP contribution in [0.3, 0.4) is 0 Å². The van der Waals surface area contributed by atoms with E-state index in [4.69, 9.17) is 5.11 Å². The number of hydrogen-bond acceptors (Lipinski definition) is 3. The summed E-state index contributed by atoms with van der Waals surface area (Å²) in [5.41, 5.74) is 0. The number of rotatable bonds is 3. The third kappa shape index (κ3) is 1.86. The molecule has 0 saturated heterocycles. The zero-order valence-corrected chi connectivity index (χ0v) is 10.9. The van der Waals surface area contributed by atoms with Crippen LogP contribution >= 0.6 is 0 Å². The van der Waals surface area contributed by atoms with Crippen molar-refractivity contribution in [1.29, 1.82) is 0 Å². The molecule has 1 aromatic heterocycles. The molecular formula is C14H19N3O2. The first kappa shape index (κ1) is 11.4. The summed E-state index contributed by atoms with van der Waals surface area (Å²) < 4.78 is 0. The van der Waals surface area contributed by atoms with Crippen LogP contribution in [0.15, 0.2) is 0 Å². The molecule has 102 valence electrons. The van der Waals surface area contributed by atoms with Crippen LogP contribution in [0.1, 0.15) is 49.7 Å². The van der Waals surface area contributed by atoms with E-state index >= 15 is 0 Å². The van der Waals surface area contributed by atoms with Gasteiger partial charge in [0.25, 0.3) is 0 Å². The first-order valence-corrected chi connectivity index (χ1v) is 7.32. The third-order valence-corrected chi connectivity index (χ3v) is 5.39. The molecule has 1 aromatic rings. The summed E-state index contributed by atoms with van der Waals surface area (Å²) in [5, 5.41) is 15.9. The van der Waals surface area contributed by atoms with Crippen molar-refractivity contribution in [2.75, 3.05) is 0 Å². The fourth-order valence-electron chi connectivity index (χ4n) is 5.03. The molecule has 0 atom stereocenters. The van der Waals surface area contributed by atoms with Gasteiger partial charge in [0.05, 0.1) is 0 Å². The highest BCUT2D eigenvalue weighted by Gasteiger charge is 2.49. The lowest BCUT2D eigenvalue weighted by Crippen LogP contribution is -2.44. The van der Waals surface area contributed by atoms with Crippen LogP contribution in [-0.4, -0.2) is 26.3 Å². The fraction of sp³-hybridized carbons (Fsp3) is 0.786. The Morgan fingerprint density at radius 3 is 2.37 bits per heavy atom. The van der Waals surface area contributed by atoms with Gasteiger partial charge >= 0.3 is 5.97 Å². The number of carbonyl (C=O) groups is 1. The van der Waals surface area contributed by atoms with Crippen molar-refractivity contribution in [2.24, 2.45) is 23.7 Å². The maximum atomic E-state index is 10.7. The van der Waals surface area contributed by atoms with Crippen LogP contribution in [0.25, 0.3) is 0 Å². The van der Waals surface area contributed by atoms with Gasteiger partial charge in [-0.25, -0.2) is 4.98 Å². The molecule has 19 heavy (non-hydrogen) atoms. The number of aromatic amines is 1. The van der Waals surface area contributed by atoms with Crippen molar-refractivity contribution < 1.29 is 9.90 Å². The molecule has 5 heteroatoms. The molecule has 0 aliphatic heterocycles.